The highest BCUT2D eigenvalue weighted by atomic mass is 32.1. The van der Waals surface area contributed by atoms with Gasteiger partial charge in [0.05, 0.1) is 6.16 Å². The SMILES string of the molecule is CCC(S)(CC)CCP(=O)(O)O. The third-order valence-corrected chi connectivity index (χ3v) is 3.85. The Hall–Kier alpha value is 0.500. The molecular formula is C7H17O3PS. The zero-order valence-corrected chi connectivity index (χ0v) is 9.31. The first-order valence-electron chi connectivity index (χ1n) is 4.10. The van der Waals surface area contributed by atoms with Gasteiger partial charge in [0.1, 0.15) is 0 Å². The molecule has 2 N–H and O–H groups in total. The molecule has 0 aromatic carbocycles. The van der Waals surface area contributed by atoms with Crippen molar-refractivity contribution in [1.82, 2.24) is 0 Å². The molecule has 0 aromatic rings. The van der Waals surface area contributed by atoms with Gasteiger partial charge in [-0.2, -0.15) is 12.6 Å². The molecule has 0 aliphatic rings. The van der Waals surface area contributed by atoms with Crippen LogP contribution in [-0.4, -0.2) is 20.7 Å². The fourth-order valence-electron chi connectivity index (χ4n) is 0.957. The standard InChI is InChI=1S/C7H17O3PS/c1-3-7(12,4-2)5-6-11(8,9)10/h12H,3-6H2,1-2H3,(H2,8,9,10). The quantitative estimate of drug-likeness (QED) is 0.483. The zero-order valence-electron chi connectivity index (χ0n) is 7.53. The lowest BCUT2D eigenvalue weighted by atomic mass is 9.99. The Kier molecular flexibility index (Phi) is 4.85. The van der Waals surface area contributed by atoms with E-state index < -0.39 is 7.60 Å². The van der Waals surface area contributed by atoms with Crippen LogP contribution >= 0.6 is 20.2 Å². The Morgan fingerprint density at radius 3 is 2.00 bits per heavy atom. The molecule has 0 fully saturated rings. The van der Waals surface area contributed by atoms with Crippen LogP contribution < -0.4 is 0 Å². The Balaban J connectivity index is 3.98. The number of thiol groups is 1. The lowest BCUT2D eigenvalue weighted by molar-refractivity contribution is 0.366. The molecule has 0 bridgehead atoms. The summed E-state index contributed by atoms with van der Waals surface area (Å²) in [5.74, 6) is 0. The van der Waals surface area contributed by atoms with E-state index in [4.69, 9.17) is 9.79 Å². The van der Waals surface area contributed by atoms with Gasteiger partial charge in [0.2, 0.25) is 0 Å². The van der Waals surface area contributed by atoms with Crippen LogP contribution in [0.1, 0.15) is 33.1 Å². The van der Waals surface area contributed by atoms with Crippen LogP contribution in [0, 0.1) is 0 Å². The maximum absolute atomic E-state index is 10.6. The third kappa shape index (κ3) is 5.20. The van der Waals surface area contributed by atoms with E-state index in [1.165, 1.54) is 0 Å². The largest absolute Gasteiger partial charge is 0.325 e. The van der Waals surface area contributed by atoms with Crippen LogP contribution in [0.5, 0.6) is 0 Å². The van der Waals surface area contributed by atoms with E-state index >= 15 is 0 Å². The summed E-state index contributed by atoms with van der Waals surface area (Å²) in [6, 6.07) is 0. The fraction of sp³-hybridized carbons (Fsp3) is 1.00. The second kappa shape index (κ2) is 4.66. The van der Waals surface area contributed by atoms with Crippen LogP contribution in [0.25, 0.3) is 0 Å². The van der Waals surface area contributed by atoms with Crippen molar-refractivity contribution in [3.05, 3.63) is 0 Å². The van der Waals surface area contributed by atoms with Crippen molar-refractivity contribution in [2.75, 3.05) is 6.16 Å². The van der Waals surface area contributed by atoms with E-state index in [1.54, 1.807) is 0 Å². The summed E-state index contributed by atoms with van der Waals surface area (Å²) in [7, 11) is -3.84. The van der Waals surface area contributed by atoms with E-state index in [0.717, 1.165) is 12.8 Å². The maximum atomic E-state index is 10.6. The molecule has 74 valence electrons. The van der Waals surface area contributed by atoms with Crippen molar-refractivity contribution in [3.8, 4) is 0 Å². The van der Waals surface area contributed by atoms with Crippen molar-refractivity contribution < 1.29 is 14.4 Å². The Labute approximate surface area is 79.1 Å². The van der Waals surface area contributed by atoms with Gasteiger partial charge in [0.15, 0.2) is 0 Å². The molecule has 0 rings (SSSR count). The van der Waals surface area contributed by atoms with Crippen molar-refractivity contribution in [2.45, 2.75) is 37.9 Å². The van der Waals surface area contributed by atoms with Gasteiger partial charge in [0, 0.05) is 4.75 Å². The predicted molar refractivity (Wildman–Crippen MR) is 53.8 cm³/mol. The highest BCUT2D eigenvalue weighted by Crippen LogP contribution is 2.40. The van der Waals surface area contributed by atoms with E-state index in [-0.39, 0.29) is 10.9 Å². The first kappa shape index (κ1) is 12.5. The summed E-state index contributed by atoms with van der Waals surface area (Å²) in [6.07, 6.45) is 2.10. The monoisotopic (exact) mass is 212 g/mol. The van der Waals surface area contributed by atoms with E-state index in [9.17, 15) is 4.57 Å². The summed E-state index contributed by atoms with van der Waals surface area (Å²) in [5.41, 5.74) is 0. The molecule has 0 saturated heterocycles. The number of hydrogen-bond acceptors (Lipinski definition) is 2. The minimum Gasteiger partial charge on any atom is -0.324 e. The summed E-state index contributed by atoms with van der Waals surface area (Å²) >= 11 is 4.39. The molecule has 0 aliphatic carbocycles. The van der Waals surface area contributed by atoms with Crippen LogP contribution in [0.4, 0.5) is 0 Å². The van der Waals surface area contributed by atoms with E-state index in [1.807, 2.05) is 13.8 Å². The highest BCUT2D eigenvalue weighted by Gasteiger charge is 2.25. The molecule has 3 nitrogen and oxygen atoms in total. The molecule has 12 heavy (non-hydrogen) atoms. The molecule has 0 saturated carbocycles. The van der Waals surface area contributed by atoms with Crippen molar-refractivity contribution in [1.29, 1.82) is 0 Å². The van der Waals surface area contributed by atoms with Gasteiger partial charge in [-0.05, 0) is 19.3 Å². The van der Waals surface area contributed by atoms with Crippen LogP contribution in [0.15, 0.2) is 0 Å². The lowest BCUT2D eigenvalue weighted by Crippen LogP contribution is -2.20. The van der Waals surface area contributed by atoms with Crippen LogP contribution in [-0.2, 0) is 4.57 Å². The van der Waals surface area contributed by atoms with Gasteiger partial charge in [-0.15, -0.1) is 0 Å². The fourth-order valence-corrected chi connectivity index (χ4v) is 1.96. The van der Waals surface area contributed by atoms with Gasteiger partial charge in [-0.3, -0.25) is 4.57 Å². The molecule has 0 amide bonds. The van der Waals surface area contributed by atoms with Gasteiger partial charge >= 0.3 is 7.60 Å². The molecule has 5 heteroatoms. The van der Waals surface area contributed by atoms with Crippen molar-refractivity contribution >= 4 is 20.2 Å². The van der Waals surface area contributed by atoms with Crippen LogP contribution in [0.2, 0.25) is 0 Å². The van der Waals surface area contributed by atoms with Gasteiger partial charge < -0.3 is 9.79 Å². The topological polar surface area (TPSA) is 57.5 Å². The number of hydrogen-bond donors (Lipinski definition) is 3. The summed E-state index contributed by atoms with van der Waals surface area (Å²) in [4.78, 5) is 17.3. The second-order valence-electron chi connectivity index (χ2n) is 3.07. The molecule has 0 spiro atoms. The first-order chi connectivity index (χ1) is 5.33. The Morgan fingerprint density at radius 1 is 1.33 bits per heavy atom. The van der Waals surface area contributed by atoms with Crippen LogP contribution in [0.3, 0.4) is 0 Å². The minimum atomic E-state index is -3.84. The second-order valence-corrected chi connectivity index (χ2v) is 5.80. The molecule has 0 heterocycles. The molecule has 0 atom stereocenters. The molecule has 0 unspecified atom stereocenters. The van der Waals surface area contributed by atoms with Crippen molar-refractivity contribution in [3.63, 3.8) is 0 Å². The lowest BCUT2D eigenvalue weighted by Gasteiger charge is -2.25. The predicted octanol–water partition coefficient (Wildman–Crippen LogP) is 2.04. The smallest absolute Gasteiger partial charge is 0.324 e. The Bertz CT molecular complexity index is 173. The zero-order chi connectivity index (χ0) is 9.83. The van der Waals surface area contributed by atoms with E-state index in [0.29, 0.717) is 6.42 Å². The summed E-state index contributed by atoms with van der Waals surface area (Å²) in [5, 5.41) is 0. The summed E-state index contributed by atoms with van der Waals surface area (Å²) < 4.78 is 10.4. The highest BCUT2D eigenvalue weighted by molar-refractivity contribution is 7.81. The molecule has 0 aromatic heterocycles. The maximum Gasteiger partial charge on any atom is 0.325 e. The van der Waals surface area contributed by atoms with Gasteiger partial charge in [-0.25, -0.2) is 0 Å². The molecule has 0 aliphatic heterocycles. The average Bonchev–Trinajstić information content (AvgIpc) is 1.99. The normalized spacial score (nSPS) is 13.4. The van der Waals surface area contributed by atoms with Gasteiger partial charge in [-0.1, -0.05) is 13.8 Å². The van der Waals surface area contributed by atoms with E-state index in [2.05, 4.69) is 12.6 Å². The first-order valence-corrected chi connectivity index (χ1v) is 6.34. The Morgan fingerprint density at radius 2 is 1.75 bits per heavy atom. The minimum absolute atomic E-state index is 0.0574. The molecule has 0 radical (unpaired) electrons. The average molecular weight is 212 g/mol. The third-order valence-electron chi connectivity index (χ3n) is 2.18. The van der Waals surface area contributed by atoms with Gasteiger partial charge in [0.25, 0.3) is 0 Å². The summed E-state index contributed by atoms with van der Waals surface area (Å²) in [6.45, 7) is 3.96. The van der Waals surface area contributed by atoms with Crippen molar-refractivity contribution in [2.24, 2.45) is 0 Å². The molecular weight excluding hydrogens is 195 g/mol. The number of rotatable bonds is 5.